The third-order valence-corrected chi connectivity index (χ3v) is 10.3. The molecule has 5 atom stereocenters. The molecule has 6 rings (SSSR count). The van der Waals surface area contributed by atoms with Crippen LogP contribution in [-0.2, 0) is 22.6 Å². The van der Waals surface area contributed by atoms with Crippen molar-refractivity contribution in [2.24, 2.45) is 11.5 Å². The van der Waals surface area contributed by atoms with E-state index in [1.165, 1.54) is 18.2 Å². The molecule has 0 radical (unpaired) electrons. The average molecular weight is 743 g/mol. The highest BCUT2D eigenvalue weighted by atomic mass is 16.6. The molecule has 4 heterocycles. The second-order valence-corrected chi connectivity index (χ2v) is 13.8. The van der Waals surface area contributed by atoms with Gasteiger partial charge in [-0.1, -0.05) is 30.4 Å². The number of fused-ring (bicyclic) bond motifs is 2. The number of phenolic OH excluding ortho intramolecular Hbond substituents is 2. The number of aliphatic hydroxyl groups is 3. The number of aliphatic hydroxyl groups excluding tert-OH is 3. The Kier molecular flexibility index (Phi) is 11.2. The van der Waals surface area contributed by atoms with E-state index >= 15 is 0 Å². The third kappa shape index (κ3) is 7.46. The van der Waals surface area contributed by atoms with Crippen LogP contribution in [0.1, 0.15) is 61.0 Å². The first kappa shape index (κ1) is 38.2. The highest BCUT2D eigenvalue weighted by molar-refractivity contribution is 5.92. The number of nitrogens with two attached hydrogens (primary N) is 2. The van der Waals surface area contributed by atoms with Gasteiger partial charge in [-0.3, -0.25) is 4.79 Å². The van der Waals surface area contributed by atoms with E-state index in [1.54, 1.807) is 38.3 Å². The van der Waals surface area contributed by atoms with Crippen molar-refractivity contribution >= 4 is 16.9 Å². The van der Waals surface area contributed by atoms with E-state index in [9.17, 15) is 35.1 Å². The molecule has 14 heteroatoms. The molecule has 0 aliphatic carbocycles. The van der Waals surface area contributed by atoms with E-state index in [-0.39, 0.29) is 63.9 Å². The lowest BCUT2D eigenvalue weighted by Crippen LogP contribution is -2.52. The van der Waals surface area contributed by atoms with Crippen LogP contribution in [0.25, 0.3) is 11.0 Å². The number of aromatic hydroxyl groups is 2. The highest BCUT2D eigenvalue weighted by Gasteiger charge is 2.48. The van der Waals surface area contributed by atoms with E-state index in [0.29, 0.717) is 29.9 Å². The number of carbonyl (C=O) groups excluding carboxylic acids is 1. The molecule has 0 saturated heterocycles. The summed E-state index contributed by atoms with van der Waals surface area (Å²) in [7, 11) is 0. The van der Waals surface area contributed by atoms with Crippen LogP contribution < -0.4 is 32.3 Å². The Hall–Kier alpha value is -5.54. The second kappa shape index (κ2) is 15.8. The van der Waals surface area contributed by atoms with Gasteiger partial charge in [-0.2, -0.15) is 0 Å². The number of dihydropyridines is 2. The van der Waals surface area contributed by atoms with Gasteiger partial charge >= 0.3 is 5.97 Å². The molecule has 2 aromatic carbocycles. The summed E-state index contributed by atoms with van der Waals surface area (Å²) in [6.07, 6.45) is 9.72. The summed E-state index contributed by atoms with van der Waals surface area (Å²) < 4.78 is 19.3. The number of benzene rings is 2. The van der Waals surface area contributed by atoms with Gasteiger partial charge in [-0.15, -0.1) is 0 Å². The van der Waals surface area contributed by atoms with Crippen LogP contribution in [-0.4, -0.2) is 69.1 Å². The van der Waals surface area contributed by atoms with Crippen molar-refractivity contribution in [1.82, 2.24) is 10.6 Å². The van der Waals surface area contributed by atoms with Gasteiger partial charge in [0.15, 0.2) is 5.43 Å². The Bertz CT molecular complexity index is 2150. The third-order valence-electron chi connectivity index (χ3n) is 10.3. The normalized spacial score (nSPS) is 22.1. The lowest BCUT2D eigenvalue weighted by Gasteiger charge is -2.44. The maximum atomic E-state index is 13.8. The minimum atomic E-state index is -1.30. The summed E-state index contributed by atoms with van der Waals surface area (Å²) in [5.74, 6) is -2.56. The van der Waals surface area contributed by atoms with E-state index in [0.717, 1.165) is 11.6 Å². The molecule has 0 amide bonds. The van der Waals surface area contributed by atoms with E-state index in [1.807, 2.05) is 18.2 Å². The largest absolute Gasteiger partial charge is 0.508 e. The van der Waals surface area contributed by atoms with Crippen molar-refractivity contribution in [2.75, 3.05) is 19.8 Å². The van der Waals surface area contributed by atoms with Gasteiger partial charge in [-0.25, -0.2) is 4.79 Å². The molecule has 0 spiro atoms. The molecule has 11 N–H and O–H groups in total. The molecule has 14 nitrogen and oxygen atoms in total. The van der Waals surface area contributed by atoms with Gasteiger partial charge in [0.1, 0.15) is 52.3 Å². The molecule has 0 fully saturated rings. The first-order valence-corrected chi connectivity index (χ1v) is 17.7. The van der Waals surface area contributed by atoms with Crippen LogP contribution in [0.4, 0.5) is 0 Å². The van der Waals surface area contributed by atoms with Gasteiger partial charge in [0.2, 0.25) is 0 Å². The Morgan fingerprint density at radius 1 is 1.20 bits per heavy atom. The number of allylic oxidation sites excluding steroid dienone is 5. The smallest absolute Gasteiger partial charge is 0.336 e. The van der Waals surface area contributed by atoms with Crippen molar-refractivity contribution < 1.29 is 44.2 Å². The zero-order chi connectivity index (χ0) is 38.7. The Morgan fingerprint density at radius 3 is 2.65 bits per heavy atom. The number of hydrogen-bond donors (Lipinski definition) is 9. The van der Waals surface area contributed by atoms with Crippen molar-refractivity contribution in [3.63, 3.8) is 0 Å². The summed E-state index contributed by atoms with van der Waals surface area (Å²) in [6, 6.07) is 7.51. The van der Waals surface area contributed by atoms with Crippen LogP contribution in [0.3, 0.4) is 0 Å². The van der Waals surface area contributed by atoms with Crippen LogP contribution in [0.2, 0.25) is 0 Å². The van der Waals surface area contributed by atoms with Gasteiger partial charge in [0.25, 0.3) is 0 Å². The fraction of sp³-hybridized carbons (Fsp3) is 0.350. The Labute approximate surface area is 311 Å². The quantitative estimate of drug-likeness (QED) is 0.0957. The van der Waals surface area contributed by atoms with Crippen LogP contribution in [0, 0.1) is 0 Å². The molecule has 1 aromatic heterocycles. The van der Waals surface area contributed by atoms with Gasteiger partial charge < -0.3 is 61.5 Å². The number of rotatable bonds is 12. The number of carbonyl (C=O) groups is 1. The number of esters is 1. The highest BCUT2D eigenvalue weighted by Crippen LogP contribution is 2.54. The lowest BCUT2D eigenvalue weighted by atomic mass is 9.73. The van der Waals surface area contributed by atoms with Crippen LogP contribution in [0.5, 0.6) is 17.2 Å². The number of hydrogen-bond acceptors (Lipinski definition) is 14. The van der Waals surface area contributed by atoms with Gasteiger partial charge in [0, 0.05) is 48.2 Å². The molecule has 3 aliphatic rings. The van der Waals surface area contributed by atoms with Crippen molar-refractivity contribution in [1.29, 1.82) is 0 Å². The minimum Gasteiger partial charge on any atom is -0.508 e. The van der Waals surface area contributed by atoms with Gasteiger partial charge in [0.05, 0.1) is 30.8 Å². The molecule has 54 heavy (non-hydrogen) atoms. The monoisotopic (exact) mass is 742 g/mol. The predicted molar refractivity (Wildman–Crippen MR) is 200 cm³/mol. The Balaban J connectivity index is 1.64. The van der Waals surface area contributed by atoms with Crippen LogP contribution in [0.15, 0.2) is 98.7 Å². The minimum absolute atomic E-state index is 0.0269. The molecule has 1 unspecified atom stereocenters. The summed E-state index contributed by atoms with van der Waals surface area (Å²) >= 11 is 0. The van der Waals surface area contributed by atoms with E-state index in [4.69, 9.17) is 25.4 Å². The predicted octanol–water partition coefficient (Wildman–Crippen LogP) is 2.54. The topological polar surface area (TPSA) is 243 Å². The summed E-state index contributed by atoms with van der Waals surface area (Å²) in [6.45, 7) is 2.06. The summed E-state index contributed by atoms with van der Waals surface area (Å²) in [5, 5.41) is 59.6. The zero-order valence-corrected chi connectivity index (χ0v) is 30.0. The van der Waals surface area contributed by atoms with Crippen LogP contribution >= 0.6 is 0 Å². The standard InChI is InChI=1S/C40H46N4O10/c1-3-22(18-45)39(51)53-30-16-27-36(50)34-29(49)15-26(19-46)52-38(34)35(37(27)54-40(30,2)11-9-21-7-8-31(41)44-17-21)33(24-10-12-43-32(42)14-24)28(20-47)23-5-4-6-25(48)13-23/h3-8,10,13-15,17,28,30-31,33,43-48,50H,9,11-12,16,18-20,41-42H2,1-2H3/b22-3-/t28-,30-,31?,33+,40+/m1/s1. The first-order valence-electron chi connectivity index (χ1n) is 17.7. The van der Waals surface area contributed by atoms with Crippen molar-refractivity contribution in [3.05, 3.63) is 122 Å². The molecule has 286 valence electrons. The first-order chi connectivity index (χ1) is 25.9. The molecule has 0 saturated carbocycles. The average Bonchev–Trinajstić information content (AvgIpc) is 3.15. The lowest BCUT2D eigenvalue weighted by molar-refractivity contribution is -0.159. The molecular formula is C40H46N4O10. The second-order valence-electron chi connectivity index (χ2n) is 13.8. The number of nitrogens with one attached hydrogen (secondary N) is 2. The fourth-order valence-electron chi connectivity index (χ4n) is 7.34. The number of ether oxygens (including phenoxy) is 2. The SMILES string of the molecule is C/C=C(/CO)C(=O)O[C@@H]1Cc2c(c([C@@H](C3=CCNC(N)=C3)[C@H](CO)c3cccc(O)c3)c3oc(CO)cc(=O)c3c2O)O[C@@]1(C)CCC1=CNC(N)C=C1. The summed E-state index contributed by atoms with van der Waals surface area (Å²) in [5.41, 5.74) is 12.7. The molecule has 0 bridgehead atoms. The van der Waals surface area contributed by atoms with E-state index < -0.39 is 60.5 Å². The maximum absolute atomic E-state index is 13.8. The fourth-order valence-corrected chi connectivity index (χ4v) is 7.34. The number of phenols is 2. The molecular weight excluding hydrogens is 696 g/mol. The Morgan fingerprint density at radius 2 is 2.00 bits per heavy atom. The maximum Gasteiger partial charge on any atom is 0.336 e. The van der Waals surface area contributed by atoms with Crippen molar-refractivity contribution in [3.8, 4) is 17.2 Å². The zero-order valence-electron chi connectivity index (χ0n) is 30.0. The molecule has 3 aromatic rings. The molecule has 3 aliphatic heterocycles. The van der Waals surface area contributed by atoms with Crippen molar-refractivity contribution in [2.45, 2.75) is 69.4 Å². The van der Waals surface area contributed by atoms with Gasteiger partial charge in [-0.05, 0) is 67.7 Å². The summed E-state index contributed by atoms with van der Waals surface area (Å²) in [4.78, 5) is 27.2. The van der Waals surface area contributed by atoms with E-state index in [2.05, 4.69) is 10.6 Å².